The molecule has 0 amide bonds. The van der Waals surface area contributed by atoms with E-state index in [0.717, 1.165) is 0 Å². The van der Waals surface area contributed by atoms with E-state index in [4.69, 9.17) is 10.8 Å². The minimum atomic E-state index is -1.20. The Kier molecular flexibility index (Phi) is 4.17. The van der Waals surface area contributed by atoms with Crippen molar-refractivity contribution in [3.05, 3.63) is 30.0 Å². The number of hydrogen-bond acceptors (Lipinski definition) is 5. The van der Waals surface area contributed by atoms with Crippen LogP contribution < -0.4 is 5.73 Å². The Balaban J connectivity index is 2.38. The number of carboxylic acid groups (broad SMARTS) is 2. The maximum Gasteiger partial charge on any atom is 0.358 e. The predicted molar refractivity (Wildman–Crippen MR) is 73.7 cm³/mol. The first-order chi connectivity index (χ1) is 9.99. The Morgan fingerprint density at radius 1 is 1.29 bits per heavy atom. The smallest absolute Gasteiger partial charge is 0.358 e. The van der Waals surface area contributed by atoms with Gasteiger partial charge in [-0.3, -0.25) is 4.79 Å². The van der Waals surface area contributed by atoms with E-state index in [1.165, 1.54) is 4.68 Å². The molecule has 0 aliphatic rings. The summed E-state index contributed by atoms with van der Waals surface area (Å²) in [6.45, 7) is 0.261. The Morgan fingerprint density at radius 2 is 2.05 bits per heavy atom. The molecule has 0 aliphatic carbocycles. The Hall–Kier alpha value is -2.90. The molecule has 1 aromatic carbocycles. The van der Waals surface area contributed by atoms with Crippen molar-refractivity contribution in [1.29, 1.82) is 0 Å². The summed E-state index contributed by atoms with van der Waals surface area (Å²) in [6.07, 6.45) is 0.297. The van der Waals surface area contributed by atoms with Crippen molar-refractivity contribution in [3.8, 4) is 11.3 Å². The highest BCUT2D eigenvalue weighted by Gasteiger charge is 2.20. The van der Waals surface area contributed by atoms with Gasteiger partial charge in [0.15, 0.2) is 5.69 Å². The van der Waals surface area contributed by atoms with E-state index >= 15 is 0 Å². The highest BCUT2D eigenvalue weighted by molar-refractivity contribution is 5.92. The molecule has 8 nitrogen and oxygen atoms in total. The Morgan fingerprint density at radius 3 is 2.67 bits per heavy atom. The molecule has 0 saturated heterocycles. The zero-order valence-corrected chi connectivity index (χ0v) is 11.1. The molecule has 1 heterocycles. The lowest BCUT2D eigenvalue weighted by molar-refractivity contribution is -0.137. The van der Waals surface area contributed by atoms with Gasteiger partial charge in [-0.15, -0.1) is 5.10 Å². The van der Waals surface area contributed by atoms with Crippen LogP contribution in [-0.4, -0.2) is 37.1 Å². The number of hydrogen-bond donors (Lipinski definition) is 3. The number of aryl methyl sites for hydroxylation is 1. The summed E-state index contributed by atoms with van der Waals surface area (Å²) in [5, 5.41) is 25.3. The number of rotatable bonds is 6. The van der Waals surface area contributed by atoms with Crippen LogP contribution in [-0.2, 0) is 11.3 Å². The second kappa shape index (κ2) is 6.04. The van der Waals surface area contributed by atoms with Crippen molar-refractivity contribution < 1.29 is 19.8 Å². The molecule has 110 valence electrons. The van der Waals surface area contributed by atoms with Gasteiger partial charge in [-0.25, -0.2) is 9.48 Å². The first-order valence-corrected chi connectivity index (χ1v) is 6.23. The lowest BCUT2D eigenvalue weighted by Gasteiger charge is -2.07. The number of aliphatic carboxylic acids is 1. The molecule has 2 rings (SSSR count). The minimum absolute atomic E-state index is 0.0291. The number of aromatic nitrogens is 3. The molecule has 0 aliphatic heterocycles. The van der Waals surface area contributed by atoms with Crippen LogP contribution in [0.1, 0.15) is 23.3 Å². The van der Waals surface area contributed by atoms with Crippen molar-refractivity contribution in [1.82, 2.24) is 15.0 Å². The van der Waals surface area contributed by atoms with Gasteiger partial charge in [0, 0.05) is 24.2 Å². The quantitative estimate of drug-likeness (QED) is 0.678. The third kappa shape index (κ3) is 3.35. The number of benzene rings is 1. The van der Waals surface area contributed by atoms with Crippen molar-refractivity contribution in [2.45, 2.75) is 19.4 Å². The number of aromatic carboxylic acids is 1. The molecule has 0 fully saturated rings. The second-order valence-corrected chi connectivity index (χ2v) is 4.44. The molecule has 0 atom stereocenters. The average Bonchev–Trinajstić information content (AvgIpc) is 2.82. The van der Waals surface area contributed by atoms with E-state index < -0.39 is 11.9 Å². The van der Waals surface area contributed by atoms with Gasteiger partial charge in [-0.2, -0.15) is 0 Å². The van der Waals surface area contributed by atoms with E-state index in [1.54, 1.807) is 24.3 Å². The fourth-order valence-corrected chi connectivity index (χ4v) is 1.97. The van der Waals surface area contributed by atoms with Gasteiger partial charge in [0.25, 0.3) is 0 Å². The normalized spacial score (nSPS) is 10.5. The Labute approximate surface area is 119 Å². The fourth-order valence-electron chi connectivity index (χ4n) is 1.97. The van der Waals surface area contributed by atoms with Crippen LogP contribution in [0.25, 0.3) is 11.3 Å². The van der Waals surface area contributed by atoms with Gasteiger partial charge < -0.3 is 15.9 Å². The topological polar surface area (TPSA) is 131 Å². The third-order valence-corrected chi connectivity index (χ3v) is 2.86. The highest BCUT2D eigenvalue weighted by Crippen LogP contribution is 2.24. The summed E-state index contributed by atoms with van der Waals surface area (Å²) in [7, 11) is 0. The van der Waals surface area contributed by atoms with Crippen LogP contribution >= 0.6 is 0 Å². The van der Waals surface area contributed by atoms with Gasteiger partial charge in [0.1, 0.15) is 5.69 Å². The number of carboxylic acids is 2. The molecule has 8 heteroatoms. The lowest BCUT2D eigenvalue weighted by Crippen LogP contribution is -2.07. The fraction of sp³-hybridized carbons (Fsp3) is 0.231. The molecule has 4 N–H and O–H groups in total. The van der Waals surface area contributed by atoms with Gasteiger partial charge in [0.2, 0.25) is 0 Å². The van der Waals surface area contributed by atoms with Gasteiger partial charge >= 0.3 is 11.9 Å². The van der Waals surface area contributed by atoms with E-state index in [9.17, 15) is 14.7 Å². The number of nitrogen functional groups attached to an aromatic ring is 1. The summed E-state index contributed by atoms with van der Waals surface area (Å²) in [6, 6.07) is 6.71. The second-order valence-electron chi connectivity index (χ2n) is 4.44. The largest absolute Gasteiger partial charge is 0.481 e. The van der Waals surface area contributed by atoms with Crippen molar-refractivity contribution in [3.63, 3.8) is 0 Å². The SMILES string of the molecule is Nc1cccc(-c2c(C(=O)O)nnn2CCCC(=O)O)c1. The lowest BCUT2D eigenvalue weighted by atomic mass is 10.1. The van der Waals surface area contributed by atoms with Gasteiger partial charge in [-0.05, 0) is 18.6 Å². The summed E-state index contributed by atoms with van der Waals surface area (Å²) in [5.74, 6) is -2.11. The molecule has 0 spiro atoms. The molecular formula is C13H14N4O4. The van der Waals surface area contributed by atoms with Crippen molar-refractivity contribution in [2.75, 3.05) is 5.73 Å². The van der Waals surface area contributed by atoms with Crippen LogP contribution in [0.2, 0.25) is 0 Å². The first kappa shape index (κ1) is 14.5. The summed E-state index contributed by atoms with van der Waals surface area (Å²) < 4.78 is 1.39. The third-order valence-electron chi connectivity index (χ3n) is 2.86. The molecule has 0 saturated carbocycles. The van der Waals surface area contributed by atoms with Crippen molar-refractivity contribution >= 4 is 17.6 Å². The van der Waals surface area contributed by atoms with Crippen LogP contribution in [0.15, 0.2) is 24.3 Å². The highest BCUT2D eigenvalue weighted by atomic mass is 16.4. The monoisotopic (exact) mass is 290 g/mol. The Bertz CT molecular complexity index is 681. The van der Waals surface area contributed by atoms with Crippen molar-refractivity contribution in [2.24, 2.45) is 0 Å². The maximum atomic E-state index is 11.2. The van der Waals surface area contributed by atoms with E-state index in [2.05, 4.69) is 10.3 Å². The molecule has 2 aromatic rings. The number of nitrogens with two attached hydrogens (primary N) is 1. The zero-order chi connectivity index (χ0) is 15.4. The van der Waals surface area contributed by atoms with E-state index in [1.807, 2.05) is 0 Å². The summed E-state index contributed by atoms with van der Waals surface area (Å²) >= 11 is 0. The molecule has 0 unspecified atom stereocenters. The van der Waals surface area contributed by atoms with E-state index in [-0.39, 0.29) is 18.7 Å². The molecule has 21 heavy (non-hydrogen) atoms. The summed E-state index contributed by atoms with van der Waals surface area (Å²) in [5.41, 5.74) is 6.91. The number of nitrogens with zero attached hydrogens (tertiary/aromatic N) is 3. The molecule has 0 bridgehead atoms. The number of anilines is 1. The minimum Gasteiger partial charge on any atom is -0.481 e. The average molecular weight is 290 g/mol. The maximum absolute atomic E-state index is 11.2. The zero-order valence-electron chi connectivity index (χ0n) is 11.1. The summed E-state index contributed by atoms with van der Waals surface area (Å²) in [4.78, 5) is 21.8. The molecule has 0 radical (unpaired) electrons. The van der Waals surface area contributed by atoms with E-state index in [0.29, 0.717) is 23.4 Å². The standard InChI is InChI=1S/C13H14N4O4/c14-9-4-1-3-8(7-9)12-11(13(20)21)15-16-17(12)6-2-5-10(18)19/h1,3-4,7H,2,5-6,14H2,(H,18,19)(H,20,21). The van der Waals surface area contributed by atoms with Gasteiger partial charge in [0.05, 0.1) is 0 Å². The van der Waals surface area contributed by atoms with Crippen LogP contribution in [0.3, 0.4) is 0 Å². The van der Waals surface area contributed by atoms with Gasteiger partial charge in [-0.1, -0.05) is 17.3 Å². The molecule has 1 aromatic heterocycles. The molecular weight excluding hydrogens is 276 g/mol. The van der Waals surface area contributed by atoms with Crippen LogP contribution in [0.4, 0.5) is 5.69 Å². The van der Waals surface area contributed by atoms with Crippen LogP contribution in [0.5, 0.6) is 0 Å². The van der Waals surface area contributed by atoms with Crippen LogP contribution in [0, 0.1) is 0 Å². The predicted octanol–water partition coefficient (Wildman–Crippen LogP) is 1.09. The number of carbonyl (C=O) groups is 2. The first-order valence-electron chi connectivity index (χ1n) is 6.23.